The fourth-order valence-corrected chi connectivity index (χ4v) is 5.09. The van der Waals surface area contributed by atoms with Crippen LogP contribution in [0.1, 0.15) is 82.4 Å². The Hall–Kier alpha value is -2.54. The van der Waals surface area contributed by atoms with Crippen LogP contribution >= 0.6 is 11.6 Å². The van der Waals surface area contributed by atoms with Crippen LogP contribution in [0.3, 0.4) is 0 Å². The van der Waals surface area contributed by atoms with Crippen molar-refractivity contribution in [3.05, 3.63) is 40.7 Å². The Bertz CT molecular complexity index is 1080. The van der Waals surface area contributed by atoms with E-state index in [4.69, 9.17) is 21.4 Å². The molecule has 1 saturated carbocycles. The highest BCUT2D eigenvalue weighted by Crippen LogP contribution is 2.40. The molecule has 1 aromatic carbocycles. The van der Waals surface area contributed by atoms with Crippen LogP contribution < -0.4 is 15.0 Å². The molecule has 1 fully saturated rings. The highest BCUT2D eigenvalue weighted by atomic mass is 35.5. The van der Waals surface area contributed by atoms with Gasteiger partial charge < -0.3 is 10.1 Å². The van der Waals surface area contributed by atoms with E-state index in [0.717, 1.165) is 31.4 Å². The van der Waals surface area contributed by atoms with Crippen molar-refractivity contribution in [2.24, 2.45) is 0 Å². The summed E-state index contributed by atoms with van der Waals surface area (Å²) in [5.74, 6) is -0.00294. The van der Waals surface area contributed by atoms with E-state index in [2.05, 4.69) is 26.1 Å². The number of nitrogens with one attached hydrogen (secondary N) is 1. The molecule has 2 amide bonds. The van der Waals surface area contributed by atoms with E-state index >= 15 is 0 Å². The molecule has 1 aromatic heterocycles. The lowest BCUT2D eigenvalue weighted by Crippen LogP contribution is -2.65. The average Bonchev–Trinajstić information content (AvgIpc) is 3.04. The fourth-order valence-electron chi connectivity index (χ4n) is 4.93. The predicted molar refractivity (Wildman–Crippen MR) is 134 cm³/mol. The minimum atomic E-state index is -1.21. The van der Waals surface area contributed by atoms with Crippen LogP contribution in [0.15, 0.2) is 24.3 Å². The number of amides is 2. The van der Waals surface area contributed by atoms with Crippen molar-refractivity contribution in [3.8, 4) is 5.75 Å². The molecule has 0 bridgehead atoms. The van der Waals surface area contributed by atoms with Crippen molar-refractivity contribution >= 4 is 29.1 Å². The van der Waals surface area contributed by atoms with E-state index in [-0.39, 0.29) is 29.8 Å². The minimum Gasteiger partial charge on any atom is -0.495 e. The van der Waals surface area contributed by atoms with Gasteiger partial charge in [-0.15, -0.1) is 0 Å². The molecule has 0 radical (unpaired) electrons. The Morgan fingerprint density at radius 2 is 1.85 bits per heavy atom. The van der Waals surface area contributed by atoms with Gasteiger partial charge in [-0.25, -0.2) is 0 Å². The zero-order valence-electron chi connectivity index (χ0n) is 20.8. The second-order valence-electron chi connectivity index (χ2n) is 10.7. The number of carbonyl (C=O) groups is 2. The predicted octanol–water partition coefficient (Wildman–Crippen LogP) is 5.10. The zero-order valence-corrected chi connectivity index (χ0v) is 21.5. The molecule has 2 aromatic rings. The average molecular weight is 487 g/mol. The van der Waals surface area contributed by atoms with Gasteiger partial charge in [-0.3, -0.25) is 19.2 Å². The van der Waals surface area contributed by atoms with Gasteiger partial charge in [0, 0.05) is 16.5 Å². The first-order valence-electron chi connectivity index (χ1n) is 12.1. The van der Waals surface area contributed by atoms with Crippen LogP contribution in [-0.4, -0.2) is 40.3 Å². The summed E-state index contributed by atoms with van der Waals surface area (Å²) in [4.78, 5) is 29.4. The number of halogens is 1. The number of carbonyl (C=O) groups excluding carboxylic acids is 2. The van der Waals surface area contributed by atoms with Crippen LogP contribution in [0, 0.1) is 0 Å². The summed E-state index contributed by atoms with van der Waals surface area (Å²) in [6.07, 6.45) is 6.50. The number of ether oxygens (including phenoxy) is 1. The number of fused-ring (bicyclic) bond motifs is 1. The van der Waals surface area contributed by atoms with Crippen molar-refractivity contribution in [3.63, 3.8) is 0 Å². The number of nitrogens with zero attached hydrogens (tertiary/aromatic N) is 3. The molecular weight excluding hydrogens is 452 g/mol. The molecule has 184 valence electrons. The third kappa shape index (κ3) is 4.54. The van der Waals surface area contributed by atoms with Gasteiger partial charge in [0.2, 0.25) is 5.91 Å². The first-order chi connectivity index (χ1) is 16.0. The molecule has 8 heteroatoms. The first-order valence-corrected chi connectivity index (χ1v) is 12.5. The molecule has 34 heavy (non-hydrogen) atoms. The summed E-state index contributed by atoms with van der Waals surface area (Å²) in [5, 5.41) is 8.46. The van der Waals surface area contributed by atoms with Gasteiger partial charge in [0.1, 0.15) is 17.0 Å². The number of anilines is 1. The van der Waals surface area contributed by atoms with E-state index in [0.29, 0.717) is 22.2 Å². The number of benzene rings is 1. The maximum Gasteiger partial charge on any atom is 0.277 e. The van der Waals surface area contributed by atoms with Crippen molar-refractivity contribution in [2.45, 2.75) is 89.8 Å². The van der Waals surface area contributed by atoms with Crippen molar-refractivity contribution in [2.75, 3.05) is 12.0 Å². The van der Waals surface area contributed by atoms with Crippen LogP contribution in [0.5, 0.6) is 5.75 Å². The molecule has 4 rings (SSSR count). The van der Waals surface area contributed by atoms with Gasteiger partial charge in [-0.2, -0.15) is 5.10 Å². The van der Waals surface area contributed by atoms with Gasteiger partial charge >= 0.3 is 0 Å². The molecule has 7 nitrogen and oxygen atoms in total. The van der Waals surface area contributed by atoms with Crippen molar-refractivity contribution in [1.82, 2.24) is 15.1 Å². The molecule has 2 aliphatic rings. The summed E-state index contributed by atoms with van der Waals surface area (Å²) in [5.41, 5.74) is 0.287. The lowest BCUT2D eigenvalue weighted by Gasteiger charge is -2.44. The van der Waals surface area contributed by atoms with Crippen molar-refractivity contribution < 1.29 is 14.3 Å². The minimum absolute atomic E-state index is 0.106. The van der Waals surface area contributed by atoms with Crippen LogP contribution in [0.25, 0.3) is 0 Å². The Morgan fingerprint density at radius 3 is 2.47 bits per heavy atom. The van der Waals surface area contributed by atoms with E-state index in [1.54, 1.807) is 41.8 Å². The van der Waals surface area contributed by atoms with Gasteiger partial charge in [-0.05, 0) is 44.0 Å². The molecule has 1 aliphatic heterocycles. The van der Waals surface area contributed by atoms with Crippen molar-refractivity contribution in [1.29, 1.82) is 0 Å². The van der Waals surface area contributed by atoms with Crippen LogP contribution in [0.2, 0.25) is 5.02 Å². The fraction of sp³-hybridized carbons (Fsp3) is 0.577. The third-order valence-corrected chi connectivity index (χ3v) is 7.22. The van der Waals surface area contributed by atoms with Crippen LogP contribution in [0.4, 0.5) is 5.69 Å². The third-order valence-electron chi connectivity index (χ3n) is 6.98. The Kier molecular flexibility index (Phi) is 6.69. The highest BCUT2D eigenvalue weighted by Gasteiger charge is 2.50. The second kappa shape index (κ2) is 9.25. The normalized spacial score (nSPS) is 21.7. The standard InChI is InChI=1S/C26H35ClN4O3/c1-25(2,3)22-15-20-23(32)31(19-14-17(27)12-13-21(19)34-5)26(4,16-30(20)29-22)24(33)28-18-10-8-6-7-9-11-18/h12-15,18H,6-11,16H2,1-5H3,(H,28,33)/t26-/m1/s1. The lowest BCUT2D eigenvalue weighted by molar-refractivity contribution is -0.127. The van der Waals surface area contributed by atoms with Gasteiger partial charge in [0.15, 0.2) is 0 Å². The monoisotopic (exact) mass is 486 g/mol. The quantitative estimate of drug-likeness (QED) is 0.610. The van der Waals surface area contributed by atoms with E-state index in [9.17, 15) is 9.59 Å². The smallest absolute Gasteiger partial charge is 0.277 e. The molecule has 2 heterocycles. The molecule has 0 saturated heterocycles. The lowest BCUT2D eigenvalue weighted by atomic mass is 9.91. The maximum absolute atomic E-state index is 14.0. The van der Waals surface area contributed by atoms with E-state index in [1.165, 1.54) is 12.8 Å². The second-order valence-corrected chi connectivity index (χ2v) is 11.2. The number of hydrogen-bond acceptors (Lipinski definition) is 4. The molecule has 0 unspecified atom stereocenters. The SMILES string of the molecule is COc1ccc(Cl)cc1N1C(=O)c2cc(C(C)(C)C)nn2C[C@]1(C)C(=O)NC1CCCCCC1. The summed E-state index contributed by atoms with van der Waals surface area (Å²) in [6.45, 7) is 8.21. The highest BCUT2D eigenvalue weighted by molar-refractivity contribution is 6.31. The van der Waals surface area contributed by atoms with Gasteiger partial charge in [-0.1, -0.05) is 58.1 Å². The first kappa shape index (κ1) is 24.6. The van der Waals surface area contributed by atoms with Gasteiger partial charge in [0.25, 0.3) is 5.91 Å². The largest absolute Gasteiger partial charge is 0.495 e. The molecular formula is C26H35ClN4O3. The molecule has 0 spiro atoms. The van der Waals surface area contributed by atoms with E-state index in [1.807, 2.05) is 6.07 Å². The Labute approximate surface area is 206 Å². The maximum atomic E-state index is 14.0. The Morgan fingerprint density at radius 1 is 1.18 bits per heavy atom. The zero-order chi connectivity index (χ0) is 24.7. The summed E-state index contributed by atoms with van der Waals surface area (Å²) in [6, 6.07) is 7.06. The van der Waals surface area contributed by atoms with Crippen LogP contribution in [-0.2, 0) is 16.8 Å². The number of hydrogen-bond donors (Lipinski definition) is 1. The Balaban J connectivity index is 1.81. The molecule has 1 N–H and O–H groups in total. The van der Waals surface area contributed by atoms with E-state index < -0.39 is 5.54 Å². The number of aromatic nitrogens is 2. The van der Waals surface area contributed by atoms with Gasteiger partial charge in [0.05, 0.1) is 25.0 Å². The molecule has 1 atom stereocenters. The topological polar surface area (TPSA) is 76.5 Å². The number of methoxy groups -OCH3 is 1. The number of rotatable bonds is 4. The summed E-state index contributed by atoms with van der Waals surface area (Å²) >= 11 is 6.34. The molecule has 1 aliphatic carbocycles. The summed E-state index contributed by atoms with van der Waals surface area (Å²) in [7, 11) is 1.55. The summed E-state index contributed by atoms with van der Waals surface area (Å²) < 4.78 is 7.27.